The third-order valence-electron chi connectivity index (χ3n) is 3.45. The van der Waals surface area contributed by atoms with Crippen molar-refractivity contribution in [1.82, 2.24) is 0 Å². The molecule has 0 saturated carbocycles. The van der Waals surface area contributed by atoms with Gasteiger partial charge in [-0.1, -0.05) is 30.3 Å². The summed E-state index contributed by atoms with van der Waals surface area (Å²) in [5.74, 6) is -0.403. The van der Waals surface area contributed by atoms with Crippen molar-refractivity contribution in [2.75, 3.05) is 17.2 Å². The average Bonchev–Trinajstić information content (AvgIpc) is 2.60. The number of hydrogen-bond acceptors (Lipinski definition) is 4. The Kier molecular flexibility index (Phi) is 5.39. The minimum absolute atomic E-state index is 0.0160. The molecule has 0 N–H and O–H groups in total. The number of carbonyl (C=O) groups is 1. The van der Waals surface area contributed by atoms with Gasteiger partial charge in [0.25, 0.3) is 0 Å². The lowest BCUT2D eigenvalue weighted by Crippen LogP contribution is -2.31. The van der Waals surface area contributed by atoms with E-state index in [0.29, 0.717) is 11.3 Å². The summed E-state index contributed by atoms with van der Waals surface area (Å²) < 4.78 is 30.8. The largest absolute Gasteiger partial charge is 0.465 e. The summed E-state index contributed by atoms with van der Waals surface area (Å²) in [5, 5.41) is 0. The molecule has 23 heavy (non-hydrogen) atoms. The molecule has 0 bridgehead atoms. The van der Waals surface area contributed by atoms with E-state index >= 15 is 0 Å². The molecule has 0 heterocycles. The Balaban J connectivity index is 2.30. The Bertz CT molecular complexity index is 755. The van der Waals surface area contributed by atoms with E-state index in [1.165, 1.54) is 11.4 Å². The first-order chi connectivity index (χ1) is 11.0. The number of carbonyl (C=O) groups excluding carboxylic acids is 1. The zero-order valence-corrected chi connectivity index (χ0v) is 13.9. The molecule has 6 heteroatoms. The molecule has 0 spiro atoms. The highest BCUT2D eigenvalue weighted by molar-refractivity contribution is 7.92. The van der Waals surface area contributed by atoms with Gasteiger partial charge in [-0.25, -0.2) is 13.2 Å². The Hall–Kier alpha value is -2.34. The lowest BCUT2D eigenvalue weighted by atomic mass is 10.1. The van der Waals surface area contributed by atoms with Crippen LogP contribution in [0.25, 0.3) is 0 Å². The lowest BCUT2D eigenvalue weighted by molar-refractivity contribution is 0.0600. The van der Waals surface area contributed by atoms with Crippen molar-refractivity contribution in [3.05, 3.63) is 65.7 Å². The SMILES string of the molecule is CCS(=O)(=O)N(Cc1ccc(C(=O)OC)cc1)c1ccccc1. The highest BCUT2D eigenvalue weighted by Gasteiger charge is 2.20. The van der Waals surface area contributed by atoms with E-state index in [1.54, 1.807) is 55.5 Å². The van der Waals surface area contributed by atoms with Gasteiger partial charge < -0.3 is 4.74 Å². The van der Waals surface area contributed by atoms with Crippen LogP contribution in [0.1, 0.15) is 22.8 Å². The van der Waals surface area contributed by atoms with Crippen LogP contribution in [0, 0.1) is 0 Å². The fourth-order valence-electron chi connectivity index (χ4n) is 2.13. The fraction of sp³-hybridized carbons (Fsp3) is 0.235. The molecular weight excluding hydrogens is 314 g/mol. The van der Waals surface area contributed by atoms with E-state index in [2.05, 4.69) is 4.74 Å². The lowest BCUT2D eigenvalue weighted by Gasteiger charge is -2.24. The highest BCUT2D eigenvalue weighted by atomic mass is 32.2. The third kappa shape index (κ3) is 4.10. The molecule has 0 aromatic heterocycles. The van der Waals surface area contributed by atoms with E-state index in [1.807, 2.05) is 6.07 Å². The maximum absolute atomic E-state index is 12.4. The molecule has 122 valence electrons. The van der Waals surface area contributed by atoms with Crippen molar-refractivity contribution in [1.29, 1.82) is 0 Å². The number of anilines is 1. The Morgan fingerprint density at radius 2 is 1.65 bits per heavy atom. The van der Waals surface area contributed by atoms with Crippen molar-refractivity contribution in [2.24, 2.45) is 0 Å². The zero-order chi connectivity index (χ0) is 16.9. The van der Waals surface area contributed by atoms with Gasteiger partial charge >= 0.3 is 5.97 Å². The Labute approximate surface area is 136 Å². The molecule has 0 aliphatic carbocycles. The number of methoxy groups -OCH3 is 1. The molecule has 0 unspecified atom stereocenters. The van der Waals surface area contributed by atoms with Crippen LogP contribution in [0.15, 0.2) is 54.6 Å². The van der Waals surface area contributed by atoms with E-state index in [0.717, 1.165) is 5.56 Å². The van der Waals surface area contributed by atoms with Gasteiger partial charge in [-0.05, 0) is 36.8 Å². The number of hydrogen-bond donors (Lipinski definition) is 0. The van der Waals surface area contributed by atoms with Crippen LogP contribution in [0.2, 0.25) is 0 Å². The summed E-state index contributed by atoms with van der Waals surface area (Å²) in [6.07, 6.45) is 0. The van der Waals surface area contributed by atoms with Crippen molar-refractivity contribution < 1.29 is 17.9 Å². The predicted molar refractivity (Wildman–Crippen MR) is 89.9 cm³/mol. The molecule has 2 rings (SSSR count). The van der Waals surface area contributed by atoms with Crippen molar-refractivity contribution in [3.8, 4) is 0 Å². The normalized spacial score (nSPS) is 11.0. The van der Waals surface area contributed by atoms with Gasteiger partial charge in [0.1, 0.15) is 0 Å². The van der Waals surface area contributed by atoms with Gasteiger partial charge in [0.15, 0.2) is 0 Å². The van der Waals surface area contributed by atoms with Gasteiger partial charge in [0.2, 0.25) is 10.0 Å². The first-order valence-corrected chi connectivity index (χ1v) is 8.81. The fourth-order valence-corrected chi connectivity index (χ4v) is 3.23. The van der Waals surface area contributed by atoms with Crippen LogP contribution >= 0.6 is 0 Å². The number of sulfonamides is 1. The van der Waals surface area contributed by atoms with E-state index in [4.69, 9.17) is 0 Å². The second-order valence-electron chi connectivity index (χ2n) is 4.93. The number of ether oxygens (including phenoxy) is 1. The summed E-state index contributed by atoms with van der Waals surface area (Å²) in [7, 11) is -2.08. The van der Waals surface area contributed by atoms with Crippen molar-refractivity contribution in [2.45, 2.75) is 13.5 Å². The van der Waals surface area contributed by atoms with Crippen LogP contribution in [-0.4, -0.2) is 27.2 Å². The Morgan fingerprint density at radius 1 is 1.04 bits per heavy atom. The monoisotopic (exact) mass is 333 g/mol. The molecular formula is C17H19NO4S. The maximum atomic E-state index is 12.4. The molecule has 2 aromatic rings. The molecule has 0 fully saturated rings. The second kappa shape index (κ2) is 7.28. The van der Waals surface area contributed by atoms with Crippen molar-refractivity contribution >= 4 is 21.7 Å². The van der Waals surface area contributed by atoms with Crippen LogP contribution < -0.4 is 4.31 Å². The zero-order valence-electron chi connectivity index (χ0n) is 13.1. The molecule has 0 amide bonds. The van der Waals surface area contributed by atoms with E-state index in [-0.39, 0.29) is 12.3 Å². The maximum Gasteiger partial charge on any atom is 0.337 e. The first kappa shape index (κ1) is 17.0. The molecule has 0 aliphatic rings. The minimum Gasteiger partial charge on any atom is -0.465 e. The summed E-state index contributed by atoms with van der Waals surface area (Å²) in [6.45, 7) is 1.83. The van der Waals surface area contributed by atoms with Gasteiger partial charge in [-0.3, -0.25) is 4.31 Å². The third-order valence-corrected chi connectivity index (χ3v) is 5.19. The summed E-state index contributed by atoms with van der Waals surface area (Å²) in [6, 6.07) is 15.7. The number of nitrogens with zero attached hydrogens (tertiary/aromatic N) is 1. The molecule has 0 aliphatic heterocycles. The van der Waals surface area contributed by atoms with Crippen LogP contribution in [0.3, 0.4) is 0 Å². The van der Waals surface area contributed by atoms with Crippen LogP contribution in [-0.2, 0) is 21.3 Å². The van der Waals surface area contributed by atoms with Gasteiger partial charge in [-0.2, -0.15) is 0 Å². The quantitative estimate of drug-likeness (QED) is 0.763. The second-order valence-corrected chi connectivity index (χ2v) is 7.11. The molecule has 0 radical (unpaired) electrons. The predicted octanol–water partition coefficient (Wildman–Crippen LogP) is 2.83. The minimum atomic E-state index is -3.40. The first-order valence-electron chi connectivity index (χ1n) is 7.20. The van der Waals surface area contributed by atoms with Gasteiger partial charge in [0, 0.05) is 0 Å². The number of benzene rings is 2. The molecule has 0 saturated heterocycles. The molecule has 0 atom stereocenters. The number of para-hydroxylation sites is 1. The molecule has 2 aromatic carbocycles. The van der Waals surface area contributed by atoms with Gasteiger partial charge in [-0.15, -0.1) is 0 Å². The smallest absolute Gasteiger partial charge is 0.337 e. The number of esters is 1. The summed E-state index contributed by atoms with van der Waals surface area (Å²) in [5.41, 5.74) is 1.84. The van der Waals surface area contributed by atoms with Crippen LogP contribution in [0.5, 0.6) is 0 Å². The van der Waals surface area contributed by atoms with Gasteiger partial charge in [0.05, 0.1) is 30.7 Å². The highest BCUT2D eigenvalue weighted by Crippen LogP contribution is 2.21. The van der Waals surface area contributed by atoms with E-state index in [9.17, 15) is 13.2 Å². The Morgan fingerprint density at radius 3 is 2.17 bits per heavy atom. The number of rotatable bonds is 6. The van der Waals surface area contributed by atoms with E-state index < -0.39 is 16.0 Å². The van der Waals surface area contributed by atoms with Crippen LogP contribution in [0.4, 0.5) is 5.69 Å². The van der Waals surface area contributed by atoms with Crippen molar-refractivity contribution in [3.63, 3.8) is 0 Å². The average molecular weight is 333 g/mol. The molecule has 5 nitrogen and oxygen atoms in total. The summed E-state index contributed by atoms with van der Waals surface area (Å²) in [4.78, 5) is 11.4. The topological polar surface area (TPSA) is 63.7 Å². The summed E-state index contributed by atoms with van der Waals surface area (Å²) >= 11 is 0. The standard InChI is InChI=1S/C17H19NO4S/c1-3-23(20,21)18(16-7-5-4-6-8-16)13-14-9-11-15(12-10-14)17(19)22-2/h4-12H,3,13H2,1-2H3.